The largest absolute Gasteiger partial charge is 0.496 e. The lowest BCUT2D eigenvalue weighted by Crippen LogP contribution is -2.42. The molecule has 4 rings (SSSR count). The maximum absolute atomic E-state index is 5.88. The number of unbranched alkanes of at least 4 members (excludes halogenated alkanes) is 2. The van der Waals surface area contributed by atoms with E-state index in [4.69, 9.17) is 28.8 Å². The van der Waals surface area contributed by atoms with Gasteiger partial charge in [0.15, 0.2) is 0 Å². The van der Waals surface area contributed by atoms with Gasteiger partial charge in [-0.15, -0.1) is 16.4 Å². The van der Waals surface area contributed by atoms with Gasteiger partial charge in [0.1, 0.15) is 22.0 Å². The van der Waals surface area contributed by atoms with E-state index in [-0.39, 0.29) is 0 Å². The normalized spacial score (nSPS) is 15.9. The Kier molecular flexibility index (Phi) is 9.34. The highest BCUT2D eigenvalue weighted by Gasteiger charge is 2.30. The van der Waals surface area contributed by atoms with Crippen LogP contribution in [0.15, 0.2) is 17.5 Å². The average Bonchev–Trinajstić information content (AvgIpc) is 3.49. The summed E-state index contributed by atoms with van der Waals surface area (Å²) in [5.41, 5.74) is 3.82. The maximum Gasteiger partial charge on any atom is 0.258 e. The van der Waals surface area contributed by atoms with Crippen molar-refractivity contribution >= 4 is 21.9 Å². The molecule has 1 fully saturated rings. The molecule has 1 aliphatic rings. The molecule has 8 nitrogen and oxygen atoms in total. The monoisotopic (exact) mass is 517 g/mol. The van der Waals surface area contributed by atoms with Crippen LogP contribution < -0.4 is 19.1 Å². The second-order valence-corrected chi connectivity index (χ2v) is 9.84. The van der Waals surface area contributed by atoms with Crippen molar-refractivity contribution in [2.24, 2.45) is 0 Å². The van der Waals surface area contributed by atoms with Gasteiger partial charge in [0.25, 0.3) is 5.88 Å². The van der Waals surface area contributed by atoms with Gasteiger partial charge in [0.05, 0.1) is 51.8 Å². The van der Waals surface area contributed by atoms with E-state index < -0.39 is 0 Å². The van der Waals surface area contributed by atoms with Crippen molar-refractivity contribution in [1.29, 1.82) is 0 Å². The van der Waals surface area contributed by atoms with Crippen LogP contribution in [-0.4, -0.2) is 63.4 Å². The number of ether oxygens (including phenoxy) is 5. The number of hydrogen-bond acceptors (Lipinski definition) is 8. The highest BCUT2D eigenvalue weighted by molar-refractivity contribution is 7.16. The Morgan fingerprint density at radius 1 is 1.11 bits per heavy atom. The molecule has 9 heteroatoms. The smallest absolute Gasteiger partial charge is 0.258 e. The summed E-state index contributed by atoms with van der Waals surface area (Å²) < 4.78 is 31.0. The van der Waals surface area contributed by atoms with Gasteiger partial charge in [-0.05, 0) is 43.9 Å². The molecular formula is C27H39N3O5S. The van der Waals surface area contributed by atoms with Crippen LogP contribution in [0.4, 0.5) is 5.69 Å². The lowest BCUT2D eigenvalue weighted by atomic mass is 10.1. The topological polar surface area (TPSA) is 66.7 Å². The molecule has 0 amide bonds. The molecule has 198 valence electrons. The molecule has 1 aromatic carbocycles. The first-order valence-electron chi connectivity index (χ1n) is 12.9. The summed E-state index contributed by atoms with van der Waals surface area (Å²) in [5.74, 6) is 2.08. The molecule has 0 bridgehead atoms. The lowest BCUT2D eigenvalue weighted by molar-refractivity contribution is 0.0790. The summed E-state index contributed by atoms with van der Waals surface area (Å²) in [4.78, 5) is 3.52. The fraction of sp³-hybridized carbons (Fsp3) is 0.593. The number of thiazole rings is 1. The third kappa shape index (κ3) is 5.43. The summed E-state index contributed by atoms with van der Waals surface area (Å²) in [7, 11) is 5.06. The van der Waals surface area contributed by atoms with Crippen LogP contribution in [0.2, 0.25) is 0 Å². The molecule has 0 radical (unpaired) electrons. The standard InChI is InChI=1S/C27H39N3O5S/c1-6-8-9-12-29(20-11-10-13-35-17-20)25-26(33-5)28-30-21(18-36-27(25)30)24-22(31-3)14-19(16-34-7-2)15-23(24)32-4/h14-15,18,20H,6-13,16-17H2,1-5H3. The highest BCUT2D eigenvalue weighted by atomic mass is 32.1. The van der Waals surface area contributed by atoms with Crippen molar-refractivity contribution < 1.29 is 23.7 Å². The lowest BCUT2D eigenvalue weighted by Gasteiger charge is -2.35. The molecule has 1 unspecified atom stereocenters. The Morgan fingerprint density at radius 2 is 1.89 bits per heavy atom. The third-order valence-electron chi connectivity index (χ3n) is 6.65. The summed E-state index contributed by atoms with van der Waals surface area (Å²) >= 11 is 1.66. The molecule has 2 aromatic heterocycles. The zero-order valence-electron chi connectivity index (χ0n) is 22.2. The average molecular weight is 518 g/mol. The number of nitrogens with zero attached hydrogens (tertiary/aromatic N) is 3. The molecule has 0 aliphatic carbocycles. The van der Waals surface area contributed by atoms with E-state index in [2.05, 4.69) is 17.2 Å². The molecule has 3 aromatic rings. The van der Waals surface area contributed by atoms with Crippen LogP contribution in [0.25, 0.3) is 16.1 Å². The van der Waals surface area contributed by atoms with Crippen LogP contribution in [0.1, 0.15) is 51.5 Å². The molecule has 0 N–H and O–H groups in total. The van der Waals surface area contributed by atoms with Crippen molar-refractivity contribution in [1.82, 2.24) is 9.61 Å². The Labute approximate surface area is 218 Å². The van der Waals surface area contributed by atoms with Gasteiger partial charge in [-0.1, -0.05) is 19.8 Å². The number of hydrogen-bond donors (Lipinski definition) is 0. The van der Waals surface area contributed by atoms with Crippen molar-refractivity contribution in [3.63, 3.8) is 0 Å². The van der Waals surface area contributed by atoms with E-state index in [1.807, 2.05) is 23.6 Å². The Morgan fingerprint density at radius 3 is 2.50 bits per heavy atom. The molecule has 1 saturated heterocycles. The van der Waals surface area contributed by atoms with Crippen molar-refractivity contribution in [2.75, 3.05) is 52.6 Å². The van der Waals surface area contributed by atoms with Crippen LogP contribution in [-0.2, 0) is 16.1 Å². The molecule has 1 atom stereocenters. The first kappa shape index (κ1) is 26.6. The zero-order valence-corrected chi connectivity index (χ0v) is 23.0. The number of methoxy groups -OCH3 is 3. The van der Waals surface area contributed by atoms with Crippen molar-refractivity contribution in [3.8, 4) is 28.6 Å². The second kappa shape index (κ2) is 12.7. The SMILES string of the molecule is CCCCCN(c1c(OC)nn2c(-c3c(OC)cc(COCC)cc3OC)csc12)C1CCCOC1. The Balaban J connectivity index is 1.81. The molecule has 1 aliphatic heterocycles. The quantitative estimate of drug-likeness (QED) is 0.265. The maximum atomic E-state index is 5.88. The molecule has 0 saturated carbocycles. The minimum atomic E-state index is 0.310. The van der Waals surface area contributed by atoms with Gasteiger partial charge in [-0.3, -0.25) is 0 Å². The summed E-state index contributed by atoms with van der Waals surface area (Å²) in [6.07, 6.45) is 5.66. The minimum absolute atomic E-state index is 0.310. The van der Waals surface area contributed by atoms with Crippen molar-refractivity contribution in [3.05, 3.63) is 23.1 Å². The van der Waals surface area contributed by atoms with Crippen LogP contribution >= 0.6 is 11.3 Å². The summed E-state index contributed by atoms with van der Waals surface area (Å²) in [6, 6.07) is 4.33. The zero-order chi connectivity index (χ0) is 25.5. The van der Waals surface area contributed by atoms with E-state index in [1.165, 1.54) is 12.8 Å². The highest BCUT2D eigenvalue weighted by Crippen LogP contribution is 2.45. The molecular weight excluding hydrogens is 478 g/mol. The molecule has 0 spiro atoms. The fourth-order valence-corrected chi connectivity index (χ4v) is 5.85. The van der Waals surface area contributed by atoms with E-state index >= 15 is 0 Å². The van der Waals surface area contributed by atoms with Gasteiger partial charge in [-0.2, -0.15) is 0 Å². The number of aromatic nitrogens is 2. The van der Waals surface area contributed by atoms with Crippen LogP contribution in [0.5, 0.6) is 17.4 Å². The minimum Gasteiger partial charge on any atom is -0.496 e. The second-order valence-electron chi connectivity index (χ2n) is 8.98. The van der Waals surface area contributed by atoms with Gasteiger partial charge >= 0.3 is 0 Å². The van der Waals surface area contributed by atoms with Crippen LogP contribution in [0.3, 0.4) is 0 Å². The Hall–Kier alpha value is -2.49. The number of rotatable bonds is 13. The van der Waals surface area contributed by atoms with E-state index in [1.54, 1.807) is 32.7 Å². The van der Waals surface area contributed by atoms with Gasteiger partial charge < -0.3 is 28.6 Å². The van der Waals surface area contributed by atoms with E-state index in [9.17, 15) is 0 Å². The van der Waals surface area contributed by atoms with Gasteiger partial charge in [0.2, 0.25) is 0 Å². The number of anilines is 1. The fourth-order valence-electron chi connectivity index (χ4n) is 4.85. The molecule has 3 heterocycles. The Bertz CT molecular complexity index is 1100. The number of benzene rings is 1. The molecule has 36 heavy (non-hydrogen) atoms. The number of fused-ring (bicyclic) bond motifs is 1. The van der Waals surface area contributed by atoms with Gasteiger partial charge in [0, 0.05) is 25.1 Å². The predicted octanol–water partition coefficient (Wildman–Crippen LogP) is 5.80. The van der Waals surface area contributed by atoms with E-state index in [0.29, 0.717) is 25.1 Å². The first-order chi connectivity index (χ1) is 17.7. The van der Waals surface area contributed by atoms with Gasteiger partial charge in [-0.25, -0.2) is 4.52 Å². The summed E-state index contributed by atoms with van der Waals surface area (Å²) in [5, 5.41) is 7.04. The summed E-state index contributed by atoms with van der Waals surface area (Å²) in [6.45, 7) is 7.88. The first-order valence-corrected chi connectivity index (χ1v) is 13.8. The van der Waals surface area contributed by atoms with Crippen LogP contribution in [0, 0.1) is 0 Å². The third-order valence-corrected chi connectivity index (χ3v) is 7.58. The predicted molar refractivity (Wildman–Crippen MR) is 144 cm³/mol. The van der Waals surface area contributed by atoms with E-state index in [0.717, 1.165) is 77.9 Å². The van der Waals surface area contributed by atoms with Crippen molar-refractivity contribution in [2.45, 2.75) is 58.6 Å².